The fourth-order valence-corrected chi connectivity index (χ4v) is 1.93. The predicted molar refractivity (Wildman–Crippen MR) is 69.1 cm³/mol. The van der Waals surface area contributed by atoms with Crippen molar-refractivity contribution in [3.63, 3.8) is 0 Å². The Labute approximate surface area is 107 Å². The fraction of sp³-hybridized carbons (Fsp3) is 0.583. The minimum atomic E-state index is 0.327. The van der Waals surface area contributed by atoms with Crippen molar-refractivity contribution in [2.45, 2.75) is 39.9 Å². The highest BCUT2D eigenvalue weighted by atomic mass is 15.4. The molecule has 6 nitrogen and oxygen atoms in total. The van der Waals surface area contributed by atoms with Crippen LogP contribution in [0.4, 0.5) is 0 Å². The third kappa shape index (κ3) is 2.76. The number of hydrogen-bond acceptors (Lipinski definition) is 4. The van der Waals surface area contributed by atoms with Crippen LogP contribution in [0.15, 0.2) is 18.7 Å². The first-order chi connectivity index (χ1) is 8.74. The molecule has 2 aromatic rings. The van der Waals surface area contributed by atoms with Crippen molar-refractivity contribution in [3.05, 3.63) is 30.1 Å². The molecule has 0 aliphatic carbocycles. The first-order valence-electron chi connectivity index (χ1n) is 6.37. The summed E-state index contributed by atoms with van der Waals surface area (Å²) in [6, 6.07) is 0.327. The zero-order valence-corrected chi connectivity index (χ0v) is 11.2. The smallest absolute Gasteiger partial charge is 0.148 e. The molecule has 1 atom stereocenters. The quantitative estimate of drug-likeness (QED) is 0.835. The molecule has 0 aromatic carbocycles. The summed E-state index contributed by atoms with van der Waals surface area (Å²) >= 11 is 0. The van der Waals surface area contributed by atoms with Gasteiger partial charge in [-0.15, -0.1) is 0 Å². The van der Waals surface area contributed by atoms with Gasteiger partial charge in [-0.25, -0.2) is 9.67 Å². The van der Waals surface area contributed by atoms with Gasteiger partial charge in [0.1, 0.15) is 18.7 Å². The van der Waals surface area contributed by atoms with Crippen LogP contribution in [0.2, 0.25) is 0 Å². The molecule has 2 rings (SSSR count). The van der Waals surface area contributed by atoms with Gasteiger partial charge in [-0.05, 0) is 20.4 Å². The second-order valence-corrected chi connectivity index (χ2v) is 4.24. The van der Waals surface area contributed by atoms with E-state index in [0.717, 1.165) is 18.9 Å². The Bertz CT molecular complexity index is 486. The van der Waals surface area contributed by atoms with E-state index in [1.54, 1.807) is 6.33 Å². The molecule has 98 valence electrons. The average molecular weight is 248 g/mol. The number of nitrogens with one attached hydrogen (secondary N) is 1. The molecule has 0 bridgehead atoms. The minimum Gasteiger partial charge on any atom is -0.310 e. The first-order valence-corrected chi connectivity index (χ1v) is 6.37. The molecule has 0 aliphatic heterocycles. The van der Waals surface area contributed by atoms with Crippen molar-refractivity contribution in [2.24, 2.45) is 0 Å². The monoisotopic (exact) mass is 248 g/mol. The molecule has 0 saturated heterocycles. The Morgan fingerprint density at radius 2 is 2.17 bits per heavy atom. The van der Waals surface area contributed by atoms with Gasteiger partial charge >= 0.3 is 0 Å². The van der Waals surface area contributed by atoms with E-state index in [2.05, 4.69) is 47.5 Å². The van der Waals surface area contributed by atoms with Crippen molar-refractivity contribution in [1.82, 2.24) is 29.9 Å². The Kier molecular flexibility index (Phi) is 4.09. The summed E-state index contributed by atoms with van der Waals surface area (Å²) in [7, 11) is 0. The van der Waals surface area contributed by atoms with Crippen molar-refractivity contribution in [3.8, 4) is 0 Å². The number of rotatable bonds is 6. The molecule has 0 saturated carbocycles. The summed E-state index contributed by atoms with van der Waals surface area (Å²) in [6.45, 7) is 8.74. The van der Waals surface area contributed by atoms with Gasteiger partial charge in [0.15, 0.2) is 0 Å². The van der Waals surface area contributed by atoms with E-state index in [0.29, 0.717) is 12.6 Å². The van der Waals surface area contributed by atoms with Gasteiger partial charge < -0.3 is 5.32 Å². The van der Waals surface area contributed by atoms with Crippen LogP contribution in [0.5, 0.6) is 0 Å². The molecule has 0 amide bonds. The van der Waals surface area contributed by atoms with E-state index in [-0.39, 0.29) is 0 Å². The molecule has 2 heterocycles. The second-order valence-electron chi connectivity index (χ2n) is 4.24. The van der Waals surface area contributed by atoms with Gasteiger partial charge in [0.05, 0.1) is 6.20 Å². The highest BCUT2D eigenvalue weighted by Gasteiger charge is 2.08. The predicted octanol–water partition coefficient (Wildman–Crippen LogP) is 1.21. The molecular weight excluding hydrogens is 228 g/mol. The summed E-state index contributed by atoms with van der Waals surface area (Å²) in [6.07, 6.45) is 5.55. The van der Waals surface area contributed by atoms with Gasteiger partial charge in [-0.2, -0.15) is 10.2 Å². The summed E-state index contributed by atoms with van der Waals surface area (Å²) in [5.41, 5.74) is 1.19. The second kappa shape index (κ2) is 5.77. The van der Waals surface area contributed by atoms with Crippen LogP contribution >= 0.6 is 0 Å². The molecule has 18 heavy (non-hydrogen) atoms. The van der Waals surface area contributed by atoms with Gasteiger partial charge in [0.25, 0.3) is 0 Å². The molecule has 0 spiro atoms. The van der Waals surface area contributed by atoms with Crippen molar-refractivity contribution >= 4 is 0 Å². The van der Waals surface area contributed by atoms with Gasteiger partial charge in [-0.3, -0.25) is 4.68 Å². The molecule has 6 heteroatoms. The first kappa shape index (κ1) is 12.8. The van der Waals surface area contributed by atoms with E-state index >= 15 is 0 Å². The summed E-state index contributed by atoms with van der Waals surface area (Å²) in [5, 5.41) is 11.9. The Balaban J connectivity index is 2.07. The maximum atomic E-state index is 4.37. The SMILES string of the molecule is CCNC(C)c1cnn(Cc2ncnn2CC)c1. The van der Waals surface area contributed by atoms with E-state index in [4.69, 9.17) is 0 Å². The molecule has 1 N–H and O–H groups in total. The zero-order valence-electron chi connectivity index (χ0n) is 11.2. The fourth-order valence-electron chi connectivity index (χ4n) is 1.93. The normalized spacial score (nSPS) is 12.8. The lowest BCUT2D eigenvalue weighted by atomic mass is 10.2. The van der Waals surface area contributed by atoms with Crippen molar-refractivity contribution in [2.75, 3.05) is 6.54 Å². The lowest BCUT2D eigenvalue weighted by molar-refractivity contribution is 0.565. The Morgan fingerprint density at radius 3 is 2.89 bits per heavy atom. The van der Waals surface area contributed by atoms with E-state index in [9.17, 15) is 0 Å². The third-order valence-corrected chi connectivity index (χ3v) is 2.96. The number of aromatic nitrogens is 5. The lowest BCUT2D eigenvalue weighted by Gasteiger charge is -2.08. The van der Waals surface area contributed by atoms with E-state index in [1.165, 1.54) is 5.56 Å². The number of aryl methyl sites for hydroxylation is 1. The van der Waals surface area contributed by atoms with Crippen molar-refractivity contribution in [1.29, 1.82) is 0 Å². The van der Waals surface area contributed by atoms with Gasteiger partial charge in [0, 0.05) is 24.3 Å². The maximum Gasteiger partial charge on any atom is 0.148 e. The van der Waals surface area contributed by atoms with Crippen LogP contribution in [0.1, 0.15) is 38.2 Å². The zero-order chi connectivity index (χ0) is 13.0. The van der Waals surface area contributed by atoms with Crippen LogP contribution < -0.4 is 5.32 Å². The summed E-state index contributed by atoms with van der Waals surface area (Å²) < 4.78 is 3.79. The average Bonchev–Trinajstić information content (AvgIpc) is 2.99. The van der Waals surface area contributed by atoms with Gasteiger partial charge in [-0.1, -0.05) is 6.92 Å². The van der Waals surface area contributed by atoms with Crippen LogP contribution in [-0.2, 0) is 13.1 Å². The maximum absolute atomic E-state index is 4.37. The van der Waals surface area contributed by atoms with E-state index < -0.39 is 0 Å². The molecule has 2 aromatic heterocycles. The standard InChI is InChI=1S/C12H20N6/c1-4-13-10(3)11-6-15-17(7-11)8-12-14-9-16-18(12)5-2/h6-7,9-10,13H,4-5,8H2,1-3H3. The molecular formula is C12H20N6. The van der Waals surface area contributed by atoms with Crippen molar-refractivity contribution < 1.29 is 0 Å². The summed E-state index contributed by atoms with van der Waals surface area (Å²) in [4.78, 5) is 4.25. The molecule has 0 fully saturated rings. The Morgan fingerprint density at radius 1 is 1.33 bits per heavy atom. The highest BCUT2D eigenvalue weighted by Crippen LogP contribution is 2.11. The number of hydrogen-bond donors (Lipinski definition) is 1. The minimum absolute atomic E-state index is 0.327. The van der Waals surface area contributed by atoms with E-state index in [1.807, 2.05) is 15.6 Å². The van der Waals surface area contributed by atoms with Crippen LogP contribution in [-0.4, -0.2) is 31.1 Å². The molecule has 0 aliphatic rings. The Hall–Kier alpha value is -1.69. The number of nitrogens with zero attached hydrogens (tertiary/aromatic N) is 5. The van der Waals surface area contributed by atoms with Crippen LogP contribution in [0.3, 0.4) is 0 Å². The van der Waals surface area contributed by atoms with Crippen LogP contribution in [0, 0.1) is 0 Å². The highest BCUT2D eigenvalue weighted by molar-refractivity contribution is 5.09. The largest absolute Gasteiger partial charge is 0.310 e. The third-order valence-electron chi connectivity index (χ3n) is 2.96. The van der Waals surface area contributed by atoms with Gasteiger partial charge in [0.2, 0.25) is 0 Å². The summed E-state index contributed by atoms with van der Waals surface area (Å²) in [5.74, 6) is 0.934. The molecule has 1 unspecified atom stereocenters. The topological polar surface area (TPSA) is 60.6 Å². The van der Waals surface area contributed by atoms with Crippen LogP contribution in [0.25, 0.3) is 0 Å². The lowest BCUT2D eigenvalue weighted by Crippen LogP contribution is -2.17. The molecule has 0 radical (unpaired) electrons.